The Morgan fingerprint density at radius 1 is 1.45 bits per heavy atom. The molecule has 0 radical (unpaired) electrons. The van der Waals surface area contributed by atoms with Gasteiger partial charge in [-0.1, -0.05) is 19.0 Å². The lowest BCUT2D eigenvalue weighted by Gasteiger charge is -2.04. The SMILES string of the molecule is CCC(C)SCc1noc(-c2ccc(OC)c(N)c2)n1. The fourth-order valence-electron chi connectivity index (χ4n) is 1.63. The molecule has 1 unspecified atom stereocenters. The Morgan fingerprint density at radius 3 is 2.90 bits per heavy atom. The van der Waals surface area contributed by atoms with Gasteiger partial charge < -0.3 is 15.0 Å². The maximum absolute atomic E-state index is 5.87. The summed E-state index contributed by atoms with van der Waals surface area (Å²) >= 11 is 1.82. The van der Waals surface area contributed by atoms with Gasteiger partial charge in [0, 0.05) is 10.8 Å². The zero-order valence-electron chi connectivity index (χ0n) is 11.9. The van der Waals surface area contributed by atoms with Gasteiger partial charge in [0.05, 0.1) is 18.6 Å². The third kappa shape index (κ3) is 3.45. The smallest absolute Gasteiger partial charge is 0.258 e. The molecule has 1 heterocycles. The summed E-state index contributed by atoms with van der Waals surface area (Å²) < 4.78 is 10.4. The van der Waals surface area contributed by atoms with Crippen LogP contribution in [0.1, 0.15) is 26.1 Å². The molecule has 1 aromatic carbocycles. The van der Waals surface area contributed by atoms with Gasteiger partial charge in [0.15, 0.2) is 5.82 Å². The molecular weight excluding hydrogens is 274 g/mol. The fourth-order valence-corrected chi connectivity index (χ4v) is 2.42. The predicted molar refractivity (Wildman–Crippen MR) is 81.7 cm³/mol. The average Bonchev–Trinajstić information content (AvgIpc) is 2.93. The molecule has 0 fully saturated rings. The number of rotatable bonds is 6. The molecular formula is C14H19N3O2S. The number of methoxy groups -OCH3 is 1. The summed E-state index contributed by atoms with van der Waals surface area (Å²) in [5.41, 5.74) is 7.23. The Kier molecular flexibility index (Phi) is 4.89. The van der Waals surface area contributed by atoms with Crippen LogP contribution in [0, 0.1) is 0 Å². The topological polar surface area (TPSA) is 74.2 Å². The number of hydrogen-bond donors (Lipinski definition) is 1. The normalized spacial score (nSPS) is 12.3. The molecule has 0 bridgehead atoms. The predicted octanol–water partition coefficient (Wildman–Crippen LogP) is 3.36. The highest BCUT2D eigenvalue weighted by atomic mass is 32.2. The zero-order chi connectivity index (χ0) is 14.5. The molecule has 6 heteroatoms. The van der Waals surface area contributed by atoms with Gasteiger partial charge in [0.1, 0.15) is 5.75 Å². The minimum Gasteiger partial charge on any atom is -0.495 e. The number of hydrogen-bond acceptors (Lipinski definition) is 6. The first-order valence-electron chi connectivity index (χ1n) is 6.52. The van der Waals surface area contributed by atoms with Gasteiger partial charge >= 0.3 is 0 Å². The molecule has 1 aromatic heterocycles. The van der Waals surface area contributed by atoms with Gasteiger partial charge in [-0.3, -0.25) is 0 Å². The van der Waals surface area contributed by atoms with Gasteiger partial charge in [0.25, 0.3) is 5.89 Å². The van der Waals surface area contributed by atoms with Crippen LogP contribution in [0.3, 0.4) is 0 Å². The van der Waals surface area contributed by atoms with E-state index in [0.717, 1.165) is 17.7 Å². The van der Waals surface area contributed by atoms with E-state index in [4.69, 9.17) is 15.0 Å². The summed E-state index contributed by atoms with van der Waals surface area (Å²) in [4.78, 5) is 4.39. The van der Waals surface area contributed by atoms with Crippen LogP contribution in [0.5, 0.6) is 5.75 Å². The molecule has 2 aromatic rings. The number of ether oxygens (including phenoxy) is 1. The number of anilines is 1. The minimum atomic E-state index is 0.485. The van der Waals surface area contributed by atoms with Gasteiger partial charge in [-0.2, -0.15) is 16.7 Å². The zero-order valence-corrected chi connectivity index (χ0v) is 12.7. The second-order valence-corrected chi connectivity index (χ2v) is 5.93. The first-order valence-corrected chi connectivity index (χ1v) is 7.57. The minimum absolute atomic E-state index is 0.485. The average molecular weight is 293 g/mol. The van der Waals surface area contributed by atoms with Crippen molar-refractivity contribution in [3.8, 4) is 17.2 Å². The van der Waals surface area contributed by atoms with E-state index in [9.17, 15) is 0 Å². The van der Waals surface area contributed by atoms with E-state index in [0.29, 0.717) is 28.4 Å². The van der Waals surface area contributed by atoms with Crippen molar-refractivity contribution in [1.82, 2.24) is 10.1 Å². The van der Waals surface area contributed by atoms with Crippen LogP contribution in [0.15, 0.2) is 22.7 Å². The highest BCUT2D eigenvalue weighted by Crippen LogP contribution is 2.28. The summed E-state index contributed by atoms with van der Waals surface area (Å²) in [7, 11) is 1.59. The highest BCUT2D eigenvalue weighted by Gasteiger charge is 2.11. The molecule has 0 aliphatic rings. The van der Waals surface area contributed by atoms with Crippen molar-refractivity contribution in [2.45, 2.75) is 31.3 Å². The molecule has 1 atom stereocenters. The Labute approximate surface area is 122 Å². The number of nitrogen functional groups attached to an aromatic ring is 1. The molecule has 0 saturated carbocycles. The summed E-state index contributed by atoms with van der Waals surface area (Å²) in [6, 6.07) is 5.43. The van der Waals surface area contributed by atoms with E-state index in [1.165, 1.54) is 0 Å². The fraction of sp³-hybridized carbons (Fsp3) is 0.429. The summed E-state index contributed by atoms with van der Waals surface area (Å²) in [6.45, 7) is 4.36. The van der Waals surface area contributed by atoms with Crippen molar-refractivity contribution in [3.05, 3.63) is 24.0 Å². The summed E-state index contributed by atoms with van der Waals surface area (Å²) in [5.74, 6) is 2.59. The molecule has 0 aliphatic heterocycles. The molecule has 0 saturated heterocycles. The summed E-state index contributed by atoms with van der Waals surface area (Å²) in [5, 5.41) is 4.58. The monoisotopic (exact) mass is 293 g/mol. The molecule has 20 heavy (non-hydrogen) atoms. The van der Waals surface area contributed by atoms with Crippen LogP contribution in [-0.2, 0) is 5.75 Å². The van der Waals surface area contributed by atoms with E-state index in [2.05, 4.69) is 24.0 Å². The lowest BCUT2D eigenvalue weighted by molar-refractivity contribution is 0.416. The van der Waals surface area contributed by atoms with Crippen molar-refractivity contribution in [2.75, 3.05) is 12.8 Å². The Bertz CT molecular complexity index is 571. The number of aromatic nitrogens is 2. The molecule has 0 aliphatic carbocycles. The lowest BCUT2D eigenvalue weighted by Crippen LogP contribution is -1.95. The van der Waals surface area contributed by atoms with Crippen molar-refractivity contribution in [1.29, 1.82) is 0 Å². The largest absolute Gasteiger partial charge is 0.495 e. The quantitative estimate of drug-likeness (QED) is 0.823. The van der Waals surface area contributed by atoms with Crippen LogP contribution >= 0.6 is 11.8 Å². The maximum atomic E-state index is 5.87. The van der Waals surface area contributed by atoms with Crippen LogP contribution in [0.4, 0.5) is 5.69 Å². The maximum Gasteiger partial charge on any atom is 0.258 e. The Balaban J connectivity index is 2.10. The number of nitrogens with zero attached hydrogens (tertiary/aromatic N) is 2. The van der Waals surface area contributed by atoms with Crippen LogP contribution < -0.4 is 10.5 Å². The lowest BCUT2D eigenvalue weighted by atomic mass is 10.2. The highest BCUT2D eigenvalue weighted by molar-refractivity contribution is 7.99. The second kappa shape index (κ2) is 6.65. The number of nitrogens with two attached hydrogens (primary N) is 1. The van der Waals surface area contributed by atoms with E-state index in [1.54, 1.807) is 19.2 Å². The van der Waals surface area contributed by atoms with Gasteiger partial charge in [-0.25, -0.2) is 0 Å². The Morgan fingerprint density at radius 2 is 2.25 bits per heavy atom. The summed E-state index contributed by atoms with van der Waals surface area (Å²) in [6.07, 6.45) is 1.13. The van der Waals surface area contributed by atoms with E-state index >= 15 is 0 Å². The first-order chi connectivity index (χ1) is 9.63. The molecule has 108 valence electrons. The van der Waals surface area contributed by atoms with E-state index in [1.807, 2.05) is 17.8 Å². The van der Waals surface area contributed by atoms with Crippen LogP contribution in [0.25, 0.3) is 11.5 Å². The number of benzene rings is 1. The van der Waals surface area contributed by atoms with Gasteiger partial charge in [-0.05, 0) is 24.6 Å². The molecule has 2 rings (SSSR count). The van der Waals surface area contributed by atoms with Crippen molar-refractivity contribution < 1.29 is 9.26 Å². The molecule has 5 nitrogen and oxygen atoms in total. The van der Waals surface area contributed by atoms with Gasteiger partial charge in [0.2, 0.25) is 0 Å². The van der Waals surface area contributed by atoms with E-state index < -0.39 is 0 Å². The molecule has 2 N–H and O–H groups in total. The third-order valence-corrected chi connectivity index (χ3v) is 4.34. The second-order valence-electron chi connectivity index (χ2n) is 4.50. The van der Waals surface area contributed by atoms with Crippen molar-refractivity contribution in [3.63, 3.8) is 0 Å². The van der Waals surface area contributed by atoms with Gasteiger partial charge in [-0.15, -0.1) is 0 Å². The Hall–Kier alpha value is -1.69. The van der Waals surface area contributed by atoms with Crippen molar-refractivity contribution in [2.24, 2.45) is 0 Å². The standard InChI is InChI=1S/C14H19N3O2S/c1-4-9(2)20-8-13-16-14(19-17-13)10-5-6-12(18-3)11(15)7-10/h5-7,9H,4,8,15H2,1-3H3. The van der Waals surface area contributed by atoms with Crippen LogP contribution in [-0.4, -0.2) is 22.5 Å². The molecule has 0 spiro atoms. The number of thioether (sulfide) groups is 1. The van der Waals surface area contributed by atoms with Crippen molar-refractivity contribution >= 4 is 17.4 Å². The van der Waals surface area contributed by atoms with E-state index in [-0.39, 0.29) is 0 Å². The third-order valence-electron chi connectivity index (χ3n) is 3.02. The first kappa shape index (κ1) is 14.7. The molecule has 0 amide bonds. The van der Waals surface area contributed by atoms with Crippen LogP contribution in [0.2, 0.25) is 0 Å².